The second-order valence-electron chi connectivity index (χ2n) is 8.33. The standard InChI is InChI=1S/C23H25F3N2O3/c1-16-13-17-5-2-3-8-20(17)28(16)21(29)15-27-11-9-22(30,10-12-27)18-6-4-7-19(14-18)31-23(24,25)26/h2-8,14,16,30H,9-13,15H2,1H3/t16-/m0/s1. The number of alkyl halides is 3. The molecule has 2 aliphatic heterocycles. The number of piperidine rings is 1. The van der Waals surface area contributed by atoms with E-state index in [0.29, 0.717) is 31.5 Å². The van der Waals surface area contributed by atoms with Crippen molar-refractivity contribution in [2.75, 3.05) is 24.5 Å². The van der Waals surface area contributed by atoms with Gasteiger partial charge in [0, 0.05) is 24.8 Å². The number of hydrogen-bond acceptors (Lipinski definition) is 4. The maximum Gasteiger partial charge on any atom is 0.573 e. The number of fused-ring (bicyclic) bond motifs is 1. The lowest BCUT2D eigenvalue weighted by molar-refractivity contribution is -0.274. The Bertz CT molecular complexity index is 955. The van der Waals surface area contributed by atoms with Gasteiger partial charge in [0.25, 0.3) is 0 Å². The zero-order chi connectivity index (χ0) is 22.2. The molecule has 0 radical (unpaired) electrons. The number of nitrogens with zero attached hydrogens (tertiary/aromatic N) is 2. The van der Waals surface area contributed by atoms with Gasteiger partial charge in [0.15, 0.2) is 0 Å². The normalized spacial score (nSPS) is 21.1. The van der Waals surface area contributed by atoms with Crippen molar-refractivity contribution in [2.45, 2.75) is 44.2 Å². The van der Waals surface area contributed by atoms with Crippen LogP contribution in [0.4, 0.5) is 18.9 Å². The summed E-state index contributed by atoms with van der Waals surface area (Å²) >= 11 is 0. The minimum atomic E-state index is -4.78. The molecule has 1 atom stereocenters. The Morgan fingerprint density at radius 3 is 2.58 bits per heavy atom. The molecule has 0 unspecified atom stereocenters. The van der Waals surface area contributed by atoms with Gasteiger partial charge in [0.05, 0.1) is 12.1 Å². The Balaban J connectivity index is 1.39. The number of halogens is 3. The predicted molar refractivity (Wildman–Crippen MR) is 110 cm³/mol. The van der Waals surface area contributed by atoms with E-state index in [2.05, 4.69) is 4.74 Å². The third-order valence-electron chi connectivity index (χ3n) is 6.12. The first kappa shape index (κ1) is 21.6. The molecular formula is C23H25F3N2O3. The third-order valence-corrected chi connectivity index (χ3v) is 6.12. The van der Waals surface area contributed by atoms with Crippen molar-refractivity contribution < 1.29 is 27.8 Å². The van der Waals surface area contributed by atoms with Crippen LogP contribution < -0.4 is 9.64 Å². The monoisotopic (exact) mass is 434 g/mol. The summed E-state index contributed by atoms with van der Waals surface area (Å²) in [6.45, 7) is 3.21. The quantitative estimate of drug-likeness (QED) is 0.795. The Morgan fingerprint density at radius 2 is 1.87 bits per heavy atom. The largest absolute Gasteiger partial charge is 0.573 e. The number of rotatable bonds is 4. The SMILES string of the molecule is C[C@H]1Cc2ccccc2N1C(=O)CN1CCC(O)(c2cccc(OC(F)(F)F)c2)CC1. The number of amides is 1. The van der Waals surface area contributed by atoms with Gasteiger partial charge in [0.2, 0.25) is 5.91 Å². The fraction of sp³-hybridized carbons (Fsp3) is 0.435. The van der Waals surface area contributed by atoms with Crippen LogP contribution in [-0.2, 0) is 16.8 Å². The van der Waals surface area contributed by atoms with E-state index < -0.39 is 12.0 Å². The average molecular weight is 434 g/mol. The Labute approximate surface area is 179 Å². The second kappa shape index (κ2) is 8.16. The molecule has 1 fully saturated rings. The minimum absolute atomic E-state index is 0.0171. The average Bonchev–Trinajstić information content (AvgIpc) is 3.04. The van der Waals surface area contributed by atoms with Crippen LogP contribution in [0.3, 0.4) is 0 Å². The van der Waals surface area contributed by atoms with Gasteiger partial charge in [-0.1, -0.05) is 30.3 Å². The van der Waals surface area contributed by atoms with Crippen LogP contribution in [0.1, 0.15) is 30.9 Å². The molecule has 1 N–H and O–H groups in total. The lowest BCUT2D eigenvalue weighted by Crippen LogP contribution is -2.48. The molecule has 2 heterocycles. The highest BCUT2D eigenvalue weighted by atomic mass is 19.4. The summed E-state index contributed by atoms with van der Waals surface area (Å²) in [5.41, 5.74) is 1.26. The lowest BCUT2D eigenvalue weighted by atomic mass is 9.84. The topological polar surface area (TPSA) is 53.0 Å². The van der Waals surface area contributed by atoms with Gasteiger partial charge >= 0.3 is 6.36 Å². The molecule has 1 saturated heterocycles. The summed E-state index contributed by atoms with van der Waals surface area (Å²) < 4.78 is 41.5. The van der Waals surface area contributed by atoms with Crippen molar-refractivity contribution in [3.63, 3.8) is 0 Å². The molecular weight excluding hydrogens is 409 g/mol. The van der Waals surface area contributed by atoms with E-state index in [1.807, 2.05) is 41.0 Å². The number of para-hydroxylation sites is 1. The third kappa shape index (κ3) is 4.70. The molecule has 0 saturated carbocycles. The molecule has 0 aliphatic carbocycles. The maximum atomic E-state index is 13.0. The number of benzene rings is 2. The summed E-state index contributed by atoms with van der Waals surface area (Å²) in [7, 11) is 0. The first-order valence-corrected chi connectivity index (χ1v) is 10.4. The first-order chi connectivity index (χ1) is 14.6. The van der Waals surface area contributed by atoms with Crippen LogP contribution in [0.25, 0.3) is 0 Å². The van der Waals surface area contributed by atoms with E-state index in [1.54, 1.807) is 6.07 Å². The molecule has 5 nitrogen and oxygen atoms in total. The zero-order valence-electron chi connectivity index (χ0n) is 17.2. The van der Waals surface area contributed by atoms with Crippen LogP contribution in [-0.4, -0.2) is 48.0 Å². The highest BCUT2D eigenvalue weighted by Gasteiger charge is 2.37. The van der Waals surface area contributed by atoms with Crippen LogP contribution in [0.2, 0.25) is 0 Å². The van der Waals surface area contributed by atoms with Crippen molar-refractivity contribution in [3.05, 3.63) is 59.7 Å². The first-order valence-electron chi connectivity index (χ1n) is 10.4. The second-order valence-corrected chi connectivity index (χ2v) is 8.33. The van der Waals surface area contributed by atoms with Gasteiger partial charge < -0.3 is 14.7 Å². The number of hydrogen-bond donors (Lipinski definition) is 1. The molecule has 0 bridgehead atoms. The molecule has 2 aliphatic rings. The Morgan fingerprint density at radius 1 is 1.16 bits per heavy atom. The summed E-state index contributed by atoms with van der Waals surface area (Å²) in [6.07, 6.45) is -3.31. The number of ether oxygens (including phenoxy) is 1. The summed E-state index contributed by atoms with van der Waals surface area (Å²) in [6, 6.07) is 13.5. The highest BCUT2D eigenvalue weighted by Crippen LogP contribution is 2.36. The Kier molecular flexibility index (Phi) is 5.70. The highest BCUT2D eigenvalue weighted by molar-refractivity contribution is 5.97. The van der Waals surface area contributed by atoms with Crippen molar-refractivity contribution in [3.8, 4) is 5.75 Å². The molecule has 0 aromatic heterocycles. The number of likely N-dealkylation sites (tertiary alicyclic amines) is 1. The fourth-order valence-corrected chi connectivity index (χ4v) is 4.57. The van der Waals surface area contributed by atoms with Gasteiger partial charge in [-0.2, -0.15) is 0 Å². The van der Waals surface area contributed by atoms with E-state index in [1.165, 1.54) is 18.2 Å². The van der Waals surface area contributed by atoms with Crippen molar-refractivity contribution in [1.29, 1.82) is 0 Å². The van der Waals surface area contributed by atoms with E-state index >= 15 is 0 Å². The van der Waals surface area contributed by atoms with Crippen LogP contribution in [0.15, 0.2) is 48.5 Å². The predicted octanol–water partition coefficient (Wildman–Crippen LogP) is 3.85. The number of carbonyl (C=O) groups excluding carboxylic acids is 1. The number of carbonyl (C=O) groups is 1. The van der Waals surface area contributed by atoms with Crippen LogP contribution >= 0.6 is 0 Å². The summed E-state index contributed by atoms with van der Waals surface area (Å²) in [4.78, 5) is 16.8. The maximum absolute atomic E-state index is 13.0. The number of anilines is 1. The molecule has 166 valence electrons. The molecule has 2 aromatic rings. The van der Waals surface area contributed by atoms with Crippen LogP contribution in [0, 0.1) is 0 Å². The summed E-state index contributed by atoms with van der Waals surface area (Å²) in [5.74, 6) is -0.332. The smallest absolute Gasteiger partial charge is 0.406 e. The van der Waals surface area contributed by atoms with E-state index in [-0.39, 0.29) is 24.2 Å². The van der Waals surface area contributed by atoms with Crippen molar-refractivity contribution in [2.24, 2.45) is 0 Å². The zero-order valence-corrected chi connectivity index (χ0v) is 17.2. The molecule has 1 amide bonds. The summed E-state index contributed by atoms with van der Waals surface area (Å²) in [5, 5.41) is 11.0. The van der Waals surface area contributed by atoms with Gasteiger partial charge in [-0.05, 0) is 55.5 Å². The molecule has 4 rings (SSSR count). The fourth-order valence-electron chi connectivity index (χ4n) is 4.57. The van der Waals surface area contributed by atoms with E-state index in [9.17, 15) is 23.1 Å². The molecule has 8 heteroatoms. The van der Waals surface area contributed by atoms with E-state index in [0.717, 1.165) is 17.7 Å². The Hall–Kier alpha value is -2.58. The van der Waals surface area contributed by atoms with Crippen molar-refractivity contribution in [1.82, 2.24) is 4.90 Å². The molecule has 0 spiro atoms. The lowest BCUT2D eigenvalue weighted by Gasteiger charge is -2.39. The molecule has 2 aromatic carbocycles. The van der Waals surface area contributed by atoms with Gasteiger partial charge in [-0.3, -0.25) is 9.69 Å². The van der Waals surface area contributed by atoms with Crippen LogP contribution in [0.5, 0.6) is 5.75 Å². The van der Waals surface area contributed by atoms with Gasteiger partial charge in [-0.15, -0.1) is 13.2 Å². The van der Waals surface area contributed by atoms with Gasteiger partial charge in [0.1, 0.15) is 5.75 Å². The molecule has 31 heavy (non-hydrogen) atoms. The van der Waals surface area contributed by atoms with E-state index in [4.69, 9.17) is 0 Å². The number of aliphatic hydroxyl groups is 1. The van der Waals surface area contributed by atoms with Gasteiger partial charge in [-0.25, -0.2) is 0 Å². The minimum Gasteiger partial charge on any atom is -0.406 e. The van der Waals surface area contributed by atoms with Crippen molar-refractivity contribution >= 4 is 11.6 Å².